The number of aryl methyl sites for hydroxylation is 1. The number of carboxylic acid groups (broad SMARTS) is 1. The minimum Gasteiger partial charge on any atom is -0.478 e. The molecule has 0 saturated carbocycles. The first-order valence-corrected chi connectivity index (χ1v) is 6.68. The first kappa shape index (κ1) is 12.9. The van der Waals surface area contributed by atoms with E-state index >= 15 is 0 Å². The topological polar surface area (TPSA) is 58.4 Å². The van der Waals surface area contributed by atoms with Crippen LogP contribution in [0.1, 0.15) is 27.3 Å². The Kier molecular flexibility index (Phi) is 3.28. The van der Waals surface area contributed by atoms with Gasteiger partial charge in [-0.15, -0.1) is 0 Å². The van der Waals surface area contributed by atoms with Crippen LogP contribution in [-0.2, 0) is 26.6 Å². The molecule has 20 heavy (non-hydrogen) atoms. The number of hydrogen-bond donors (Lipinski definition) is 1. The fourth-order valence-electron chi connectivity index (χ4n) is 2.75. The molecule has 0 saturated heterocycles. The zero-order chi connectivity index (χ0) is 14.1. The van der Waals surface area contributed by atoms with E-state index in [0.717, 1.165) is 43.0 Å². The Hall–Kier alpha value is -2.14. The maximum Gasteiger partial charge on any atom is 0.335 e. The summed E-state index contributed by atoms with van der Waals surface area (Å²) >= 11 is 0. The molecule has 0 aliphatic carbocycles. The first-order chi connectivity index (χ1) is 9.65. The largest absolute Gasteiger partial charge is 0.478 e. The highest BCUT2D eigenvalue weighted by Crippen LogP contribution is 2.23. The van der Waals surface area contributed by atoms with E-state index in [9.17, 15) is 9.90 Å². The molecular formula is C15H17N3O2. The second-order valence-corrected chi connectivity index (χ2v) is 5.16. The van der Waals surface area contributed by atoms with Crippen molar-refractivity contribution in [2.24, 2.45) is 7.05 Å². The molecule has 0 atom stereocenters. The molecule has 0 fully saturated rings. The van der Waals surface area contributed by atoms with Crippen molar-refractivity contribution in [2.45, 2.75) is 19.5 Å². The quantitative estimate of drug-likeness (QED) is 0.922. The highest BCUT2D eigenvalue weighted by molar-refractivity contribution is 5.89. The molecule has 3 rings (SSSR count). The lowest BCUT2D eigenvalue weighted by molar-refractivity contribution is 0.0694. The number of aromatic carboxylic acids is 1. The highest BCUT2D eigenvalue weighted by atomic mass is 16.4. The Morgan fingerprint density at radius 3 is 3.00 bits per heavy atom. The molecule has 104 valence electrons. The molecule has 1 N–H and O–H groups in total. The normalized spacial score (nSPS) is 15.1. The SMILES string of the molecule is Cn1ccnc1CN1CCc2c(cccc2C(=O)O)C1. The number of hydrogen-bond acceptors (Lipinski definition) is 3. The van der Waals surface area contributed by atoms with Crippen LogP contribution in [0.5, 0.6) is 0 Å². The highest BCUT2D eigenvalue weighted by Gasteiger charge is 2.21. The summed E-state index contributed by atoms with van der Waals surface area (Å²) in [5.41, 5.74) is 2.54. The van der Waals surface area contributed by atoms with E-state index < -0.39 is 5.97 Å². The Bertz CT molecular complexity index is 648. The van der Waals surface area contributed by atoms with Crippen molar-refractivity contribution >= 4 is 5.97 Å². The number of carbonyl (C=O) groups is 1. The van der Waals surface area contributed by atoms with Gasteiger partial charge in [0.05, 0.1) is 12.1 Å². The van der Waals surface area contributed by atoms with E-state index in [1.807, 2.05) is 29.9 Å². The Balaban J connectivity index is 1.81. The van der Waals surface area contributed by atoms with Crippen LogP contribution in [0, 0.1) is 0 Å². The molecule has 2 heterocycles. The Labute approximate surface area is 117 Å². The van der Waals surface area contributed by atoms with Crippen LogP contribution in [0.15, 0.2) is 30.6 Å². The van der Waals surface area contributed by atoms with Crippen molar-refractivity contribution in [1.82, 2.24) is 14.5 Å². The van der Waals surface area contributed by atoms with E-state index in [1.54, 1.807) is 12.3 Å². The van der Waals surface area contributed by atoms with E-state index in [1.165, 1.54) is 0 Å². The molecule has 0 spiro atoms. The van der Waals surface area contributed by atoms with Crippen molar-refractivity contribution in [3.8, 4) is 0 Å². The average Bonchev–Trinajstić information content (AvgIpc) is 2.83. The second kappa shape index (κ2) is 5.09. The van der Waals surface area contributed by atoms with Gasteiger partial charge in [-0.2, -0.15) is 0 Å². The van der Waals surface area contributed by atoms with Gasteiger partial charge in [0.15, 0.2) is 0 Å². The monoisotopic (exact) mass is 271 g/mol. The molecule has 0 amide bonds. The summed E-state index contributed by atoms with van der Waals surface area (Å²) in [6.45, 7) is 2.44. The standard InChI is InChI=1S/C15H17N3O2/c1-17-8-6-16-14(17)10-18-7-5-12-11(9-18)3-2-4-13(12)15(19)20/h2-4,6,8H,5,7,9-10H2,1H3,(H,19,20). The molecule has 2 aromatic rings. The lowest BCUT2D eigenvalue weighted by atomic mass is 9.94. The summed E-state index contributed by atoms with van der Waals surface area (Å²) in [5, 5.41) is 9.22. The minimum atomic E-state index is -0.834. The molecule has 1 aromatic heterocycles. The summed E-state index contributed by atoms with van der Waals surface area (Å²) in [4.78, 5) is 17.9. The number of imidazole rings is 1. The van der Waals surface area contributed by atoms with E-state index in [4.69, 9.17) is 0 Å². The third kappa shape index (κ3) is 2.32. The number of nitrogens with zero attached hydrogens (tertiary/aromatic N) is 3. The third-order valence-corrected chi connectivity index (χ3v) is 3.86. The zero-order valence-corrected chi connectivity index (χ0v) is 11.4. The first-order valence-electron chi connectivity index (χ1n) is 6.68. The number of fused-ring (bicyclic) bond motifs is 1. The van der Waals surface area contributed by atoms with Crippen LogP contribution < -0.4 is 0 Å². The maximum atomic E-state index is 11.2. The lowest BCUT2D eigenvalue weighted by Gasteiger charge is -2.29. The molecule has 0 bridgehead atoms. The van der Waals surface area contributed by atoms with Gasteiger partial charge in [-0.25, -0.2) is 9.78 Å². The van der Waals surface area contributed by atoms with Gasteiger partial charge in [0, 0.05) is 32.5 Å². The number of rotatable bonds is 3. The van der Waals surface area contributed by atoms with Gasteiger partial charge >= 0.3 is 5.97 Å². The van der Waals surface area contributed by atoms with Crippen LogP contribution in [0.25, 0.3) is 0 Å². The van der Waals surface area contributed by atoms with Crippen LogP contribution in [-0.4, -0.2) is 32.1 Å². The minimum absolute atomic E-state index is 0.444. The van der Waals surface area contributed by atoms with Crippen molar-refractivity contribution in [2.75, 3.05) is 6.54 Å². The summed E-state index contributed by atoms with van der Waals surface area (Å²) < 4.78 is 2.02. The summed E-state index contributed by atoms with van der Waals surface area (Å²) in [7, 11) is 1.99. The van der Waals surface area contributed by atoms with Gasteiger partial charge in [-0.05, 0) is 23.6 Å². The fourth-order valence-corrected chi connectivity index (χ4v) is 2.75. The van der Waals surface area contributed by atoms with Gasteiger partial charge in [-0.3, -0.25) is 4.90 Å². The maximum absolute atomic E-state index is 11.2. The molecule has 1 aliphatic heterocycles. The number of aromatic nitrogens is 2. The third-order valence-electron chi connectivity index (χ3n) is 3.86. The zero-order valence-electron chi connectivity index (χ0n) is 11.4. The van der Waals surface area contributed by atoms with Gasteiger partial charge in [0.25, 0.3) is 0 Å². The van der Waals surface area contributed by atoms with Gasteiger partial charge in [0.2, 0.25) is 0 Å². The fraction of sp³-hybridized carbons (Fsp3) is 0.333. The van der Waals surface area contributed by atoms with Crippen molar-refractivity contribution in [1.29, 1.82) is 0 Å². The summed E-state index contributed by atoms with van der Waals surface area (Å²) in [6, 6.07) is 5.54. The van der Waals surface area contributed by atoms with Gasteiger partial charge < -0.3 is 9.67 Å². The van der Waals surface area contributed by atoms with Crippen molar-refractivity contribution in [3.63, 3.8) is 0 Å². The van der Waals surface area contributed by atoms with E-state index in [2.05, 4.69) is 9.88 Å². The predicted molar refractivity (Wildman–Crippen MR) is 74.4 cm³/mol. The molecule has 0 radical (unpaired) electrons. The molecule has 5 heteroatoms. The molecule has 1 aliphatic rings. The second-order valence-electron chi connectivity index (χ2n) is 5.16. The Morgan fingerprint density at radius 2 is 2.30 bits per heavy atom. The van der Waals surface area contributed by atoms with Gasteiger partial charge in [0.1, 0.15) is 5.82 Å². The average molecular weight is 271 g/mol. The summed E-state index contributed by atoms with van der Waals surface area (Å²) in [5.74, 6) is 0.197. The molecule has 0 unspecified atom stereocenters. The molecular weight excluding hydrogens is 254 g/mol. The van der Waals surface area contributed by atoms with Crippen molar-refractivity contribution < 1.29 is 9.90 Å². The number of benzene rings is 1. The van der Waals surface area contributed by atoms with Gasteiger partial charge in [-0.1, -0.05) is 12.1 Å². The van der Waals surface area contributed by atoms with Crippen LogP contribution >= 0.6 is 0 Å². The van der Waals surface area contributed by atoms with Crippen LogP contribution in [0.2, 0.25) is 0 Å². The van der Waals surface area contributed by atoms with Crippen LogP contribution in [0.4, 0.5) is 0 Å². The number of carboxylic acids is 1. The molecule has 5 nitrogen and oxygen atoms in total. The van der Waals surface area contributed by atoms with E-state index in [-0.39, 0.29) is 0 Å². The van der Waals surface area contributed by atoms with Crippen molar-refractivity contribution in [3.05, 3.63) is 53.1 Å². The van der Waals surface area contributed by atoms with Crippen LogP contribution in [0.3, 0.4) is 0 Å². The Morgan fingerprint density at radius 1 is 1.45 bits per heavy atom. The smallest absolute Gasteiger partial charge is 0.335 e. The summed E-state index contributed by atoms with van der Waals surface area (Å²) in [6.07, 6.45) is 4.52. The lowest BCUT2D eigenvalue weighted by Crippen LogP contribution is -2.32. The molecule has 1 aromatic carbocycles. The van der Waals surface area contributed by atoms with E-state index in [0.29, 0.717) is 5.56 Å². The predicted octanol–water partition coefficient (Wildman–Crippen LogP) is 1.68.